The fraction of sp³-hybridized carbons (Fsp3) is 0.389. The first-order chi connectivity index (χ1) is 13.0. The second-order valence-corrected chi connectivity index (χ2v) is 6.98. The molecule has 1 unspecified atom stereocenters. The summed E-state index contributed by atoms with van der Waals surface area (Å²) < 4.78 is 10.5. The lowest BCUT2D eigenvalue weighted by molar-refractivity contribution is -0.118. The molecule has 0 bridgehead atoms. The Morgan fingerprint density at radius 3 is 2.67 bits per heavy atom. The third-order valence-electron chi connectivity index (χ3n) is 4.30. The maximum Gasteiger partial charge on any atom is 0.271 e. The van der Waals surface area contributed by atoms with Crippen LogP contribution in [0.2, 0.25) is 0 Å². The lowest BCUT2D eigenvalue weighted by Crippen LogP contribution is -2.41. The van der Waals surface area contributed by atoms with Crippen molar-refractivity contribution in [3.8, 4) is 11.5 Å². The Bertz CT molecular complexity index is 816. The van der Waals surface area contributed by atoms with E-state index >= 15 is 0 Å². The van der Waals surface area contributed by atoms with Gasteiger partial charge in [-0.25, -0.2) is 4.98 Å². The molecule has 1 aromatic carbocycles. The third-order valence-corrected chi connectivity index (χ3v) is 5.21. The monoisotopic (exact) mass is 390 g/mol. The highest BCUT2D eigenvalue weighted by Crippen LogP contribution is 2.31. The first kappa shape index (κ1) is 19.1. The Hall–Kier alpha value is -2.65. The highest BCUT2D eigenvalue weighted by molar-refractivity contribution is 7.09. The van der Waals surface area contributed by atoms with Gasteiger partial charge in [0.05, 0.1) is 24.9 Å². The van der Waals surface area contributed by atoms with Crippen molar-refractivity contribution in [2.75, 3.05) is 32.2 Å². The van der Waals surface area contributed by atoms with Crippen LogP contribution in [0.3, 0.4) is 0 Å². The minimum atomic E-state index is -0.589. The zero-order chi connectivity index (χ0) is 19.4. The molecule has 3 rings (SSSR count). The van der Waals surface area contributed by atoms with Gasteiger partial charge < -0.3 is 25.4 Å². The molecule has 144 valence electrons. The number of methoxy groups -OCH3 is 2. The van der Waals surface area contributed by atoms with E-state index in [1.807, 2.05) is 0 Å². The largest absolute Gasteiger partial charge is 0.497 e. The smallest absolute Gasteiger partial charge is 0.271 e. The van der Waals surface area contributed by atoms with Crippen LogP contribution in [-0.2, 0) is 11.2 Å². The number of anilines is 1. The van der Waals surface area contributed by atoms with Crippen LogP contribution in [0.5, 0.6) is 11.5 Å². The van der Waals surface area contributed by atoms with Crippen molar-refractivity contribution in [2.45, 2.75) is 18.9 Å². The predicted molar refractivity (Wildman–Crippen MR) is 103 cm³/mol. The van der Waals surface area contributed by atoms with E-state index in [1.165, 1.54) is 11.3 Å². The van der Waals surface area contributed by atoms with E-state index in [1.54, 1.807) is 42.7 Å². The number of hydrogen-bond donors (Lipinski definition) is 2. The Morgan fingerprint density at radius 2 is 2.04 bits per heavy atom. The number of nitrogens with two attached hydrogens (primary N) is 1. The zero-order valence-corrected chi connectivity index (χ0v) is 16.0. The molecule has 1 aliphatic heterocycles. The average Bonchev–Trinajstić information content (AvgIpc) is 3.29. The van der Waals surface area contributed by atoms with Gasteiger partial charge in [-0.3, -0.25) is 9.59 Å². The van der Waals surface area contributed by atoms with Crippen LogP contribution in [0.15, 0.2) is 23.6 Å². The molecule has 9 heteroatoms. The molecule has 0 radical (unpaired) electrons. The van der Waals surface area contributed by atoms with Crippen molar-refractivity contribution in [1.82, 2.24) is 10.3 Å². The van der Waals surface area contributed by atoms with Gasteiger partial charge >= 0.3 is 0 Å². The number of carbonyl (C=O) groups is 2. The predicted octanol–water partition coefficient (Wildman–Crippen LogP) is 1.20. The maximum atomic E-state index is 12.8. The van der Waals surface area contributed by atoms with Gasteiger partial charge in [0, 0.05) is 36.5 Å². The summed E-state index contributed by atoms with van der Waals surface area (Å²) in [4.78, 5) is 31.1. The molecule has 1 saturated heterocycles. The number of benzene rings is 1. The Labute approximate surface area is 161 Å². The minimum Gasteiger partial charge on any atom is -0.497 e. The van der Waals surface area contributed by atoms with Gasteiger partial charge in [-0.15, -0.1) is 11.3 Å². The topological polar surface area (TPSA) is 107 Å². The molecule has 2 heterocycles. The molecular formula is C18H22N4O4S. The first-order valence-electron chi connectivity index (χ1n) is 8.55. The zero-order valence-electron chi connectivity index (χ0n) is 15.2. The minimum absolute atomic E-state index is 0.170. The molecule has 2 amide bonds. The summed E-state index contributed by atoms with van der Waals surface area (Å²) >= 11 is 1.39. The van der Waals surface area contributed by atoms with Crippen LogP contribution in [0.4, 0.5) is 5.69 Å². The van der Waals surface area contributed by atoms with Crippen molar-refractivity contribution in [2.24, 2.45) is 5.73 Å². The molecule has 1 aromatic heterocycles. The van der Waals surface area contributed by atoms with Gasteiger partial charge in [0.1, 0.15) is 23.2 Å². The molecule has 1 fully saturated rings. The highest BCUT2D eigenvalue weighted by atomic mass is 32.1. The van der Waals surface area contributed by atoms with E-state index in [0.717, 1.165) is 5.01 Å². The van der Waals surface area contributed by atoms with Crippen LogP contribution < -0.4 is 25.4 Å². The molecule has 2 aromatic rings. The summed E-state index contributed by atoms with van der Waals surface area (Å²) in [6, 6.07) is 4.69. The number of hydrogen-bond acceptors (Lipinski definition) is 7. The highest BCUT2D eigenvalue weighted by Gasteiger charge is 2.34. The van der Waals surface area contributed by atoms with Crippen molar-refractivity contribution >= 4 is 28.8 Å². The van der Waals surface area contributed by atoms with Crippen molar-refractivity contribution in [3.63, 3.8) is 0 Å². The quantitative estimate of drug-likeness (QED) is 0.736. The number of rotatable bonds is 7. The van der Waals surface area contributed by atoms with Crippen LogP contribution in [-0.4, -0.2) is 50.1 Å². The standard InChI is InChI=1S/C18H22N4O4S/c1-25-12-7-11(8-13(9-12)26-2)22-6-4-14(18(22)24)21-17(23)15-10-27-16(20-15)3-5-19/h7-10,14H,3-6,19H2,1-2H3,(H,21,23). The fourth-order valence-corrected chi connectivity index (χ4v) is 3.70. The summed E-state index contributed by atoms with van der Waals surface area (Å²) in [5.74, 6) is 0.674. The number of nitrogens with zero attached hydrogens (tertiary/aromatic N) is 2. The number of ether oxygens (including phenoxy) is 2. The summed E-state index contributed by atoms with van der Waals surface area (Å²) in [5, 5.41) is 5.27. The van der Waals surface area contributed by atoms with Crippen molar-refractivity contribution < 1.29 is 19.1 Å². The molecule has 27 heavy (non-hydrogen) atoms. The molecule has 1 atom stereocenters. The molecule has 8 nitrogen and oxygen atoms in total. The van der Waals surface area contributed by atoms with E-state index < -0.39 is 6.04 Å². The van der Waals surface area contributed by atoms with E-state index in [0.29, 0.717) is 48.8 Å². The number of carbonyl (C=O) groups excluding carboxylic acids is 2. The molecule has 0 aliphatic carbocycles. The van der Waals surface area contributed by atoms with Crippen molar-refractivity contribution in [1.29, 1.82) is 0 Å². The third kappa shape index (κ3) is 4.20. The van der Waals surface area contributed by atoms with Crippen molar-refractivity contribution in [3.05, 3.63) is 34.3 Å². The average molecular weight is 390 g/mol. The van der Waals surface area contributed by atoms with Gasteiger partial charge in [0.25, 0.3) is 5.91 Å². The lowest BCUT2D eigenvalue weighted by Gasteiger charge is -2.19. The van der Waals surface area contributed by atoms with E-state index in [9.17, 15) is 9.59 Å². The molecule has 1 aliphatic rings. The second kappa shape index (κ2) is 8.36. The summed E-state index contributed by atoms with van der Waals surface area (Å²) in [5.41, 5.74) is 6.50. The van der Waals surface area contributed by atoms with Gasteiger partial charge in [0.2, 0.25) is 5.91 Å². The van der Waals surface area contributed by atoms with Gasteiger partial charge in [0.15, 0.2) is 0 Å². The molecule has 0 saturated carbocycles. The number of nitrogens with one attached hydrogen (secondary N) is 1. The number of amides is 2. The molecule has 3 N–H and O–H groups in total. The molecular weight excluding hydrogens is 368 g/mol. The van der Waals surface area contributed by atoms with Gasteiger partial charge in [-0.05, 0) is 13.0 Å². The van der Waals surface area contributed by atoms with E-state index in [2.05, 4.69) is 10.3 Å². The Balaban J connectivity index is 1.70. The maximum absolute atomic E-state index is 12.8. The summed E-state index contributed by atoms with van der Waals surface area (Å²) in [6.07, 6.45) is 1.15. The number of aromatic nitrogens is 1. The normalized spacial score (nSPS) is 16.5. The van der Waals surface area contributed by atoms with Crippen LogP contribution in [0.1, 0.15) is 21.9 Å². The van der Waals surface area contributed by atoms with Gasteiger partial charge in [-0.1, -0.05) is 0 Å². The van der Waals surface area contributed by atoms with Crippen LogP contribution >= 0.6 is 11.3 Å². The first-order valence-corrected chi connectivity index (χ1v) is 9.43. The van der Waals surface area contributed by atoms with Crippen LogP contribution in [0.25, 0.3) is 0 Å². The van der Waals surface area contributed by atoms with E-state index in [4.69, 9.17) is 15.2 Å². The second-order valence-electron chi connectivity index (χ2n) is 6.04. The lowest BCUT2D eigenvalue weighted by atomic mass is 10.2. The summed E-state index contributed by atoms with van der Waals surface area (Å²) in [6.45, 7) is 0.976. The van der Waals surface area contributed by atoms with Gasteiger partial charge in [-0.2, -0.15) is 0 Å². The molecule has 0 spiro atoms. The number of thiazole rings is 1. The Morgan fingerprint density at radius 1 is 1.33 bits per heavy atom. The fourth-order valence-electron chi connectivity index (χ4n) is 2.90. The van der Waals surface area contributed by atoms with Crippen LogP contribution in [0, 0.1) is 0 Å². The SMILES string of the molecule is COc1cc(OC)cc(N2CCC(NC(=O)c3csc(CCN)n3)C2=O)c1. The Kier molecular flexibility index (Phi) is 5.92. The summed E-state index contributed by atoms with van der Waals surface area (Å²) in [7, 11) is 3.11. The van der Waals surface area contributed by atoms with E-state index in [-0.39, 0.29) is 11.8 Å².